The van der Waals surface area contributed by atoms with Crippen molar-refractivity contribution < 1.29 is 4.74 Å². The first-order valence-electron chi connectivity index (χ1n) is 6.65. The van der Waals surface area contributed by atoms with Gasteiger partial charge in [0.05, 0.1) is 12.6 Å². The van der Waals surface area contributed by atoms with E-state index in [1.54, 1.807) is 0 Å². The molecule has 0 aromatic carbocycles. The molecule has 98 valence electrons. The van der Waals surface area contributed by atoms with E-state index >= 15 is 0 Å². The Balaban J connectivity index is 2.04. The Bertz CT molecular complexity index is 280. The van der Waals surface area contributed by atoms with E-state index in [1.165, 1.54) is 6.42 Å². The highest BCUT2D eigenvalue weighted by atomic mass is 16.5. The maximum atomic E-state index is 6.38. The lowest BCUT2D eigenvalue weighted by molar-refractivity contribution is 0.132. The summed E-state index contributed by atoms with van der Waals surface area (Å²) in [7, 11) is 4.35. The SMILES string of the molecule is CN1CCCN(C)C(C(N)C2=CCCCO2)C1. The van der Waals surface area contributed by atoms with Gasteiger partial charge in [-0.25, -0.2) is 0 Å². The highest BCUT2D eigenvalue weighted by Crippen LogP contribution is 2.19. The third kappa shape index (κ3) is 3.21. The van der Waals surface area contributed by atoms with Crippen molar-refractivity contribution in [1.29, 1.82) is 0 Å². The van der Waals surface area contributed by atoms with Gasteiger partial charge in [-0.1, -0.05) is 0 Å². The zero-order chi connectivity index (χ0) is 12.3. The second-order valence-electron chi connectivity index (χ2n) is 5.29. The van der Waals surface area contributed by atoms with Crippen LogP contribution >= 0.6 is 0 Å². The van der Waals surface area contributed by atoms with E-state index in [1.807, 2.05) is 0 Å². The van der Waals surface area contributed by atoms with E-state index in [0.29, 0.717) is 6.04 Å². The summed E-state index contributed by atoms with van der Waals surface area (Å²) in [6, 6.07) is 0.382. The third-order valence-electron chi connectivity index (χ3n) is 3.82. The van der Waals surface area contributed by atoms with Crippen LogP contribution in [0, 0.1) is 0 Å². The molecule has 2 rings (SSSR count). The van der Waals surface area contributed by atoms with Gasteiger partial charge >= 0.3 is 0 Å². The van der Waals surface area contributed by atoms with Crippen molar-refractivity contribution in [3.05, 3.63) is 11.8 Å². The van der Waals surface area contributed by atoms with Crippen LogP contribution in [0.5, 0.6) is 0 Å². The van der Waals surface area contributed by atoms with Crippen molar-refractivity contribution in [3.8, 4) is 0 Å². The minimum absolute atomic E-state index is 0.0147. The number of nitrogens with two attached hydrogens (primary N) is 1. The third-order valence-corrected chi connectivity index (χ3v) is 3.82. The molecule has 2 N–H and O–H groups in total. The summed E-state index contributed by atoms with van der Waals surface area (Å²) in [5.41, 5.74) is 6.38. The summed E-state index contributed by atoms with van der Waals surface area (Å²) >= 11 is 0. The number of likely N-dealkylation sites (N-methyl/N-ethyl adjacent to an activating group) is 2. The van der Waals surface area contributed by atoms with Crippen molar-refractivity contribution in [1.82, 2.24) is 9.80 Å². The molecule has 0 amide bonds. The molecule has 0 spiro atoms. The Morgan fingerprint density at radius 3 is 2.88 bits per heavy atom. The number of nitrogens with zero attached hydrogens (tertiary/aromatic N) is 2. The molecule has 0 aromatic heterocycles. The van der Waals surface area contributed by atoms with Crippen LogP contribution in [-0.4, -0.2) is 62.2 Å². The zero-order valence-corrected chi connectivity index (χ0v) is 11.1. The molecule has 2 atom stereocenters. The van der Waals surface area contributed by atoms with Crippen molar-refractivity contribution in [2.45, 2.75) is 31.3 Å². The standard InChI is InChI=1S/C13H25N3O/c1-15-7-5-8-16(2)11(10-15)13(14)12-6-3-4-9-17-12/h6,11,13H,3-5,7-10,14H2,1-2H3. The van der Waals surface area contributed by atoms with E-state index in [4.69, 9.17) is 10.5 Å². The Kier molecular flexibility index (Phi) is 4.42. The lowest BCUT2D eigenvalue weighted by Gasteiger charge is -2.34. The lowest BCUT2D eigenvalue weighted by Crippen LogP contribution is -2.51. The van der Waals surface area contributed by atoms with Gasteiger partial charge in [0, 0.05) is 12.6 Å². The molecule has 4 heteroatoms. The molecule has 17 heavy (non-hydrogen) atoms. The Hall–Kier alpha value is -0.580. The molecule has 2 unspecified atom stereocenters. The molecule has 1 fully saturated rings. The molecule has 0 radical (unpaired) electrons. The number of rotatable bonds is 2. The summed E-state index contributed by atoms with van der Waals surface area (Å²) in [6.07, 6.45) is 5.62. The highest BCUT2D eigenvalue weighted by molar-refractivity contribution is 5.09. The first-order valence-corrected chi connectivity index (χ1v) is 6.65. The van der Waals surface area contributed by atoms with E-state index in [-0.39, 0.29) is 6.04 Å². The minimum atomic E-state index is 0.0147. The molecular formula is C13H25N3O. The quantitative estimate of drug-likeness (QED) is 0.768. The zero-order valence-electron chi connectivity index (χ0n) is 11.1. The van der Waals surface area contributed by atoms with Crippen LogP contribution in [0.3, 0.4) is 0 Å². The fourth-order valence-corrected chi connectivity index (χ4v) is 2.69. The molecule has 2 aliphatic heterocycles. The monoisotopic (exact) mass is 239 g/mol. The van der Waals surface area contributed by atoms with Crippen LogP contribution in [0.1, 0.15) is 19.3 Å². The van der Waals surface area contributed by atoms with Gasteiger partial charge in [0.25, 0.3) is 0 Å². The number of hydrogen-bond acceptors (Lipinski definition) is 4. The normalized spacial score (nSPS) is 30.3. The Labute approximate surface area is 104 Å². The summed E-state index contributed by atoms with van der Waals surface area (Å²) in [5.74, 6) is 1.00. The van der Waals surface area contributed by atoms with E-state index < -0.39 is 0 Å². The predicted molar refractivity (Wildman–Crippen MR) is 69.8 cm³/mol. The summed E-state index contributed by atoms with van der Waals surface area (Å²) in [4.78, 5) is 4.75. The molecule has 2 heterocycles. The second kappa shape index (κ2) is 5.85. The van der Waals surface area contributed by atoms with Gasteiger partial charge in [0.2, 0.25) is 0 Å². The first-order chi connectivity index (χ1) is 8.18. The van der Waals surface area contributed by atoms with Gasteiger partial charge in [0.15, 0.2) is 0 Å². The first kappa shape index (κ1) is 12.9. The average Bonchev–Trinajstić information content (AvgIpc) is 2.51. The minimum Gasteiger partial charge on any atom is -0.497 e. The fourth-order valence-electron chi connectivity index (χ4n) is 2.69. The molecule has 0 aromatic rings. The topological polar surface area (TPSA) is 41.7 Å². The molecular weight excluding hydrogens is 214 g/mol. The van der Waals surface area contributed by atoms with E-state index in [9.17, 15) is 0 Å². The van der Waals surface area contributed by atoms with E-state index in [0.717, 1.165) is 44.8 Å². The van der Waals surface area contributed by atoms with Gasteiger partial charge in [-0.05, 0) is 52.5 Å². The van der Waals surface area contributed by atoms with Crippen LogP contribution in [0.4, 0.5) is 0 Å². The smallest absolute Gasteiger partial charge is 0.110 e. The summed E-state index contributed by atoms with van der Waals surface area (Å²) in [5, 5.41) is 0. The van der Waals surface area contributed by atoms with Gasteiger partial charge < -0.3 is 20.3 Å². The maximum Gasteiger partial charge on any atom is 0.110 e. The summed E-state index contributed by atoms with van der Waals surface area (Å²) in [6.45, 7) is 4.13. The number of hydrogen-bond donors (Lipinski definition) is 1. The molecule has 0 bridgehead atoms. The van der Waals surface area contributed by atoms with Crippen molar-refractivity contribution in [3.63, 3.8) is 0 Å². The van der Waals surface area contributed by atoms with Gasteiger partial charge in [-0.15, -0.1) is 0 Å². The Morgan fingerprint density at radius 2 is 2.18 bits per heavy atom. The maximum absolute atomic E-state index is 6.38. The average molecular weight is 239 g/mol. The molecule has 0 aliphatic carbocycles. The fraction of sp³-hybridized carbons (Fsp3) is 0.846. The van der Waals surface area contributed by atoms with Crippen LogP contribution in [0.25, 0.3) is 0 Å². The largest absolute Gasteiger partial charge is 0.497 e. The number of allylic oxidation sites excluding steroid dienone is 1. The van der Waals surface area contributed by atoms with Crippen LogP contribution in [-0.2, 0) is 4.74 Å². The van der Waals surface area contributed by atoms with E-state index in [2.05, 4.69) is 30.0 Å². The Morgan fingerprint density at radius 1 is 1.35 bits per heavy atom. The second-order valence-corrected chi connectivity index (χ2v) is 5.29. The van der Waals surface area contributed by atoms with Gasteiger partial charge in [-0.2, -0.15) is 0 Å². The molecule has 2 aliphatic rings. The van der Waals surface area contributed by atoms with Gasteiger partial charge in [0.1, 0.15) is 5.76 Å². The molecule has 1 saturated heterocycles. The molecule has 4 nitrogen and oxygen atoms in total. The van der Waals surface area contributed by atoms with Crippen molar-refractivity contribution in [2.75, 3.05) is 40.3 Å². The summed E-state index contributed by atoms with van der Waals surface area (Å²) < 4.78 is 5.71. The highest BCUT2D eigenvalue weighted by Gasteiger charge is 2.29. The predicted octanol–water partition coefficient (Wildman–Crippen LogP) is 0.644. The van der Waals surface area contributed by atoms with Crippen LogP contribution < -0.4 is 5.73 Å². The lowest BCUT2D eigenvalue weighted by atomic mass is 10.0. The molecule has 0 saturated carbocycles. The number of ether oxygens (including phenoxy) is 1. The van der Waals surface area contributed by atoms with Gasteiger partial charge in [-0.3, -0.25) is 0 Å². The van der Waals surface area contributed by atoms with Crippen LogP contribution in [0.2, 0.25) is 0 Å². The van der Waals surface area contributed by atoms with Crippen LogP contribution in [0.15, 0.2) is 11.8 Å². The van der Waals surface area contributed by atoms with Crippen molar-refractivity contribution >= 4 is 0 Å². The van der Waals surface area contributed by atoms with Crippen molar-refractivity contribution in [2.24, 2.45) is 5.73 Å².